The Bertz CT molecular complexity index is 336. The summed E-state index contributed by atoms with van der Waals surface area (Å²) < 4.78 is 0. The molecule has 1 aromatic carbocycles. The third kappa shape index (κ3) is 3.50. The predicted molar refractivity (Wildman–Crippen MR) is 61.9 cm³/mol. The van der Waals surface area contributed by atoms with Gasteiger partial charge in [0.1, 0.15) is 0 Å². The van der Waals surface area contributed by atoms with Crippen LogP contribution in [0.4, 0.5) is 4.79 Å². The Labute approximate surface area is 92.8 Å². The highest BCUT2D eigenvalue weighted by atomic mass is 79.9. The number of carbonyl (C=O) groups excluding carboxylic acids is 1. The average molecular weight is 256 g/mol. The van der Waals surface area contributed by atoms with Crippen LogP contribution in [0.5, 0.6) is 0 Å². The van der Waals surface area contributed by atoms with Crippen LogP contribution in [0, 0.1) is 13.8 Å². The van der Waals surface area contributed by atoms with Crippen molar-refractivity contribution in [2.24, 2.45) is 0 Å². The van der Waals surface area contributed by atoms with E-state index in [4.69, 9.17) is 0 Å². The van der Waals surface area contributed by atoms with E-state index in [2.05, 4.69) is 53.3 Å². The van der Waals surface area contributed by atoms with E-state index in [-0.39, 0.29) is 4.82 Å². The molecule has 1 N–H and O–H groups in total. The van der Waals surface area contributed by atoms with Gasteiger partial charge in [-0.25, -0.2) is 0 Å². The van der Waals surface area contributed by atoms with E-state index >= 15 is 0 Å². The number of hydrogen-bond donors (Lipinski definition) is 1. The lowest BCUT2D eigenvalue weighted by atomic mass is 10.0. The number of rotatable bonds is 3. The van der Waals surface area contributed by atoms with Crippen molar-refractivity contribution >= 4 is 20.7 Å². The number of benzene rings is 1. The number of amides is 1. The maximum Gasteiger partial charge on any atom is 0.287 e. The Hall–Kier alpha value is -0.830. The van der Waals surface area contributed by atoms with Gasteiger partial charge in [-0.15, -0.1) is 0 Å². The van der Waals surface area contributed by atoms with Gasteiger partial charge in [0.15, 0.2) is 0 Å². The fraction of sp³-hybridized carbons (Fsp3) is 0.364. The first-order chi connectivity index (χ1) is 6.59. The Morgan fingerprint density at radius 3 is 2.64 bits per heavy atom. The van der Waals surface area contributed by atoms with Crippen LogP contribution in [0.3, 0.4) is 0 Å². The third-order valence-electron chi connectivity index (χ3n) is 2.25. The third-order valence-corrected chi connectivity index (χ3v) is 2.53. The summed E-state index contributed by atoms with van der Waals surface area (Å²) in [7, 11) is 0. The fourth-order valence-electron chi connectivity index (χ4n) is 1.26. The molecule has 1 amide bonds. The molecule has 0 spiro atoms. The molecule has 0 aliphatic heterocycles. The summed E-state index contributed by atoms with van der Waals surface area (Å²) in [6.07, 6.45) is 0.873. The molecule has 1 aromatic rings. The summed E-state index contributed by atoms with van der Waals surface area (Å²) in [4.78, 5) is 10.4. The predicted octanol–water partition coefficient (Wildman–Crippen LogP) is 2.95. The summed E-state index contributed by atoms with van der Waals surface area (Å²) in [6, 6.07) is 6.37. The molecule has 2 nitrogen and oxygen atoms in total. The van der Waals surface area contributed by atoms with Gasteiger partial charge in [-0.1, -0.05) is 18.2 Å². The van der Waals surface area contributed by atoms with E-state index in [0.717, 1.165) is 6.42 Å². The number of halogens is 1. The van der Waals surface area contributed by atoms with Crippen LogP contribution >= 0.6 is 15.9 Å². The Kier molecular flexibility index (Phi) is 4.14. The lowest BCUT2D eigenvalue weighted by Crippen LogP contribution is -2.19. The van der Waals surface area contributed by atoms with Gasteiger partial charge in [0.25, 0.3) is 4.82 Å². The van der Waals surface area contributed by atoms with Crippen LogP contribution in [0.1, 0.15) is 16.7 Å². The summed E-state index contributed by atoms with van der Waals surface area (Å²) in [5.41, 5.74) is 3.86. The standard InChI is InChI=1S/C11H14BrNO/c1-8-3-4-10(7-9(8)2)5-6-13-11(12)14/h3-4,7H,5-6H2,1-2H3,(H,13,14). The van der Waals surface area contributed by atoms with Crippen molar-refractivity contribution in [1.29, 1.82) is 0 Å². The van der Waals surface area contributed by atoms with E-state index in [1.165, 1.54) is 16.7 Å². The molecule has 0 aliphatic rings. The van der Waals surface area contributed by atoms with E-state index in [1.54, 1.807) is 0 Å². The molecule has 0 atom stereocenters. The van der Waals surface area contributed by atoms with E-state index in [1.807, 2.05) is 0 Å². The maximum absolute atomic E-state index is 10.6. The first-order valence-corrected chi connectivity index (χ1v) is 5.38. The van der Waals surface area contributed by atoms with Gasteiger partial charge >= 0.3 is 0 Å². The molecular weight excluding hydrogens is 242 g/mol. The molecule has 0 bridgehead atoms. The van der Waals surface area contributed by atoms with Gasteiger partial charge in [0, 0.05) is 22.5 Å². The van der Waals surface area contributed by atoms with Crippen molar-refractivity contribution in [1.82, 2.24) is 5.32 Å². The van der Waals surface area contributed by atoms with Crippen LogP contribution < -0.4 is 5.32 Å². The molecule has 0 aromatic heterocycles. The lowest BCUT2D eigenvalue weighted by Gasteiger charge is -2.05. The highest BCUT2D eigenvalue weighted by Gasteiger charge is 1.97. The van der Waals surface area contributed by atoms with Crippen LogP contribution in [0.15, 0.2) is 18.2 Å². The second-order valence-electron chi connectivity index (χ2n) is 3.37. The summed E-state index contributed by atoms with van der Waals surface area (Å²) in [5, 5.41) is 2.71. The van der Waals surface area contributed by atoms with Gasteiger partial charge in [-0.2, -0.15) is 0 Å². The first-order valence-electron chi connectivity index (χ1n) is 4.59. The van der Waals surface area contributed by atoms with Crippen LogP contribution in [-0.2, 0) is 6.42 Å². The normalized spacial score (nSPS) is 9.93. The number of aryl methyl sites for hydroxylation is 2. The van der Waals surface area contributed by atoms with Crippen molar-refractivity contribution in [2.45, 2.75) is 20.3 Å². The topological polar surface area (TPSA) is 29.1 Å². The van der Waals surface area contributed by atoms with Crippen LogP contribution in [0.2, 0.25) is 0 Å². The van der Waals surface area contributed by atoms with Gasteiger partial charge in [-0.3, -0.25) is 4.79 Å². The van der Waals surface area contributed by atoms with E-state index in [9.17, 15) is 4.79 Å². The van der Waals surface area contributed by atoms with Gasteiger partial charge in [0.2, 0.25) is 0 Å². The first kappa shape index (κ1) is 11.2. The summed E-state index contributed by atoms with van der Waals surface area (Å²) >= 11 is 2.82. The zero-order valence-electron chi connectivity index (χ0n) is 8.43. The minimum Gasteiger partial charge on any atom is -0.346 e. The second kappa shape index (κ2) is 5.15. The van der Waals surface area contributed by atoms with Crippen molar-refractivity contribution in [3.8, 4) is 0 Å². The molecule has 0 heterocycles. The van der Waals surface area contributed by atoms with Crippen molar-refractivity contribution in [3.05, 3.63) is 34.9 Å². The molecule has 0 fully saturated rings. The number of hydrogen-bond acceptors (Lipinski definition) is 1. The van der Waals surface area contributed by atoms with Gasteiger partial charge in [-0.05, 0) is 37.0 Å². The quantitative estimate of drug-likeness (QED) is 0.653. The highest BCUT2D eigenvalue weighted by Crippen LogP contribution is 2.09. The summed E-state index contributed by atoms with van der Waals surface area (Å²) in [5.74, 6) is 0. The Morgan fingerprint density at radius 1 is 1.36 bits per heavy atom. The van der Waals surface area contributed by atoms with Crippen LogP contribution in [-0.4, -0.2) is 11.4 Å². The molecule has 3 heteroatoms. The monoisotopic (exact) mass is 255 g/mol. The van der Waals surface area contributed by atoms with Gasteiger partial charge in [0.05, 0.1) is 0 Å². The number of nitrogens with one attached hydrogen (secondary N) is 1. The maximum atomic E-state index is 10.6. The average Bonchev–Trinajstić information content (AvgIpc) is 2.10. The molecule has 0 radical (unpaired) electrons. The van der Waals surface area contributed by atoms with E-state index < -0.39 is 0 Å². The number of carbonyl (C=O) groups is 1. The Morgan fingerprint density at radius 2 is 2.07 bits per heavy atom. The molecular formula is C11H14BrNO. The lowest BCUT2D eigenvalue weighted by molar-refractivity contribution is 0.262. The molecule has 1 rings (SSSR count). The SMILES string of the molecule is Cc1ccc(CCNC(=O)Br)cc1C. The second-order valence-corrected chi connectivity index (χ2v) is 4.09. The smallest absolute Gasteiger partial charge is 0.287 e. The molecule has 0 aliphatic carbocycles. The molecule has 0 saturated carbocycles. The van der Waals surface area contributed by atoms with Crippen molar-refractivity contribution in [2.75, 3.05) is 6.54 Å². The minimum atomic E-state index is -0.152. The molecule has 0 unspecified atom stereocenters. The van der Waals surface area contributed by atoms with Gasteiger partial charge < -0.3 is 5.32 Å². The largest absolute Gasteiger partial charge is 0.346 e. The molecule has 76 valence electrons. The summed E-state index contributed by atoms with van der Waals surface area (Å²) in [6.45, 7) is 4.87. The highest BCUT2D eigenvalue weighted by molar-refractivity contribution is 9.18. The minimum absolute atomic E-state index is 0.152. The zero-order chi connectivity index (χ0) is 10.6. The van der Waals surface area contributed by atoms with Crippen molar-refractivity contribution < 1.29 is 4.79 Å². The Balaban J connectivity index is 2.51. The molecule has 14 heavy (non-hydrogen) atoms. The van der Waals surface area contributed by atoms with Crippen LogP contribution in [0.25, 0.3) is 0 Å². The fourth-order valence-corrected chi connectivity index (χ4v) is 1.46. The molecule has 0 saturated heterocycles. The van der Waals surface area contributed by atoms with Crippen molar-refractivity contribution in [3.63, 3.8) is 0 Å². The van der Waals surface area contributed by atoms with E-state index in [0.29, 0.717) is 6.54 Å². The zero-order valence-corrected chi connectivity index (χ0v) is 10.0.